The lowest BCUT2D eigenvalue weighted by atomic mass is 9.55. The zero-order chi connectivity index (χ0) is 23.6. The third-order valence-electron chi connectivity index (χ3n) is 7.23. The molecule has 2 aliphatic rings. The summed E-state index contributed by atoms with van der Waals surface area (Å²) in [6.07, 6.45) is 4.67. The number of aliphatic hydroxyl groups is 1. The van der Waals surface area contributed by atoms with Crippen molar-refractivity contribution in [1.29, 1.82) is 0 Å². The van der Waals surface area contributed by atoms with E-state index in [0.29, 0.717) is 35.9 Å². The molecule has 0 radical (unpaired) electrons. The lowest BCUT2D eigenvalue weighted by Crippen LogP contribution is -2.67. The molecule has 1 amide bonds. The van der Waals surface area contributed by atoms with Crippen molar-refractivity contribution in [3.63, 3.8) is 0 Å². The minimum absolute atomic E-state index is 0.0751. The van der Waals surface area contributed by atoms with E-state index in [2.05, 4.69) is 16.8 Å². The SMILES string of the molecule is C=CCN1CCC2(c3cccc(O)c3)CC(NC(=O)Cc3ccc(Cl)c(Cl)c3)CCC2(O)C1. The standard InChI is InChI=1S/C26H30Cl2N2O3/c1-2-11-30-12-10-25(19-4-3-5-21(31)15-19)16-20(8-9-26(25,33)17-30)29-24(32)14-18-6-7-22(27)23(28)13-18/h2-7,13,15,20,31,33H,1,8-12,14,16-17H2,(H,29,32). The van der Waals surface area contributed by atoms with Gasteiger partial charge in [-0.25, -0.2) is 0 Å². The largest absolute Gasteiger partial charge is 0.508 e. The van der Waals surface area contributed by atoms with Gasteiger partial charge in [0.25, 0.3) is 0 Å². The van der Waals surface area contributed by atoms with Crippen LogP contribution in [-0.4, -0.2) is 52.3 Å². The maximum atomic E-state index is 12.8. The van der Waals surface area contributed by atoms with Crippen LogP contribution in [0, 0.1) is 0 Å². The highest BCUT2D eigenvalue weighted by Crippen LogP contribution is 2.52. The van der Waals surface area contributed by atoms with Crippen molar-refractivity contribution in [3.05, 3.63) is 76.3 Å². The Hall–Kier alpha value is -2.05. The van der Waals surface area contributed by atoms with Gasteiger partial charge in [0.1, 0.15) is 5.75 Å². The van der Waals surface area contributed by atoms with Crippen LogP contribution in [0.15, 0.2) is 55.1 Å². The monoisotopic (exact) mass is 488 g/mol. The molecule has 2 aromatic carbocycles. The average molecular weight is 489 g/mol. The maximum absolute atomic E-state index is 12.8. The van der Waals surface area contributed by atoms with Gasteiger partial charge in [0.05, 0.1) is 22.1 Å². The highest BCUT2D eigenvalue weighted by atomic mass is 35.5. The highest BCUT2D eigenvalue weighted by Gasteiger charge is 2.57. The number of phenols is 1. The number of piperidine rings is 1. The molecule has 0 spiro atoms. The molecule has 33 heavy (non-hydrogen) atoms. The number of β-amino-alcohol motifs (C(OH)–C–C–N with tert-alkyl or cyclic N) is 1. The molecule has 0 aromatic heterocycles. The van der Waals surface area contributed by atoms with Crippen LogP contribution in [0.2, 0.25) is 10.0 Å². The fourth-order valence-corrected chi connectivity index (χ4v) is 5.96. The van der Waals surface area contributed by atoms with E-state index in [0.717, 1.165) is 30.6 Å². The van der Waals surface area contributed by atoms with Crippen LogP contribution in [-0.2, 0) is 16.6 Å². The molecule has 4 rings (SSSR count). The first-order valence-corrected chi connectivity index (χ1v) is 12.1. The Labute approximate surface area is 205 Å². The Morgan fingerprint density at radius 1 is 1.21 bits per heavy atom. The zero-order valence-corrected chi connectivity index (χ0v) is 20.1. The van der Waals surface area contributed by atoms with Crippen molar-refractivity contribution in [2.24, 2.45) is 0 Å². The number of benzene rings is 2. The van der Waals surface area contributed by atoms with Gasteiger partial charge in [0.15, 0.2) is 0 Å². The Bertz CT molecular complexity index is 1050. The number of hydrogen-bond donors (Lipinski definition) is 3. The number of phenolic OH excluding ortho intramolecular Hbond substituents is 1. The predicted molar refractivity (Wildman–Crippen MR) is 132 cm³/mol. The zero-order valence-electron chi connectivity index (χ0n) is 18.6. The second kappa shape index (κ2) is 9.67. The highest BCUT2D eigenvalue weighted by molar-refractivity contribution is 6.42. The molecule has 3 unspecified atom stereocenters. The minimum atomic E-state index is -0.951. The number of hydrogen-bond acceptors (Lipinski definition) is 4. The minimum Gasteiger partial charge on any atom is -0.508 e. The predicted octanol–water partition coefficient (Wildman–Crippen LogP) is 4.47. The smallest absolute Gasteiger partial charge is 0.224 e. The number of rotatable bonds is 6. The van der Waals surface area contributed by atoms with Gasteiger partial charge in [-0.05, 0) is 67.6 Å². The molecule has 1 aliphatic heterocycles. The molecule has 1 aliphatic carbocycles. The van der Waals surface area contributed by atoms with Crippen molar-refractivity contribution in [2.75, 3.05) is 19.6 Å². The summed E-state index contributed by atoms with van der Waals surface area (Å²) in [6.45, 7) is 5.92. The van der Waals surface area contributed by atoms with Gasteiger partial charge in [0.2, 0.25) is 5.91 Å². The van der Waals surface area contributed by atoms with E-state index in [-0.39, 0.29) is 24.1 Å². The van der Waals surface area contributed by atoms with Crippen molar-refractivity contribution in [3.8, 4) is 5.75 Å². The Morgan fingerprint density at radius 2 is 2.03 bits per heavy atom. The van der Waals surface area contributed by atoms with Crippen LogP contribution in [0.3, 0.4) is 0 Å². The number of amides is 1. The van der Waals surface area contributed by atoms with E-state index in [4.69, 9.17) is 23.2 Å². The molecular weight excluding hydrogens is 459 g/mol. The lowest BCUT2D eigenvalue weighted by Gasteiger charge is -2.58. The fraction of sp³-hybridized carbons (Fsp3) is 0.423. The summed E-state index contributed by atoms with van der Waals surface area (Å²) >= 11 is 12.1. The topological polar surface area (TPSA) is 72.8 Å². The number of carbonyl (C=O) groups is 1. The van der Waals surface area contributed by atoms with Crippen LogP contribution < -0.4 is 5.32 Å². The van der Waals surface area contributed by atoms with Gasteiger partial charge < -0.3 is 15.5 Å². The molecule has 3 atom stereocenters. The molecule has 2 aromatic rings. The second-order valence-electron chi connectivity index (χ2n) is 9.37. The average Bonchev–Trinajstić information content (AvgIpc) is 2.77. The van der Waals surface area contributed by atoms with Crippen LogP contribution in [0.4, 0.5) is 0 Å². The Kier molecular flexibility index (Phi) is 7.06. The quantitative estimate of drug-likeness (QED) is 0.524. The van der Waals surface area contributed by atoms with Gasteiger partial charge in [-0.15, -0.1) is 6.58 Å². The Balaban J connectivity index is 1.55. The van der Waals surface area contributed by atoms with E-state index in [1.165, 1.54) is 0 Å². The maximum Gasteiger partial charge on any atom is 0.224 e. The van der Waals surface area contributed by atoms with Gasteiger partial charge >= 0.3 is 0 Å². The molecule has 1 heterocycles. The molecule has 176 valence electrons. The number of nitrogens with one attached hydrogen (secondary N) is 1. The first-order valence-electron chi connectivity index (χ1n) is 11.3. The van der Waals surface area contributed by atoms with Crippen LogP contribution >= 0.6 is 23.2 Å². The summed E-state index contributed by atoms with van der Waals surface area (Å²) in [6, 6.07) is 12.3. The van der Waals surface area contributed by atoms with Crippen molar-refractivity contribution in [2.45, 2.75) is 49.2 Å². The molecular formula is C26H30Cl2N2O3. The van der Waals surface area contributed by atoms with Gasteiger partial charge in [0, 0.05) is 24.5 Å². The first kappa shape index (κ1) is 24.1. The number of halogens is 2. The molecule has 5 nitrogen and oxygen atoms in total. The van der Waals surface area contributed by atoms with Crippen molar-refractivity contribution < 1.29 is 15.0 Å². The number of aromatic hydroxyl groups is 1. The Morgan fingerprint density at radius 3 is 2.76 bits per heavy atom. The summed E-state index contributed by atoms with van der Waals surface area (Å²) in [5, 5.41) is 26.2. The third-order valence-corrected chi connectivity index (χ3v) is 7.97. The van der Waals surface area contributed by atoms with E-state index in [1.807, 2.05) is 18.2 Å². The van der Waals surface area contributed by atoms with E-state index in [9.17, 15) is 15.0 Å². The number of carbonyl (C=O) groups excluding carboxylic acids is 1. The van der Waals surface area contributed by atoms with E-state index < -0.39 is 11.0 Å². The summed E-state index contributed by atoms with van der Waals surface area (Å²) in [5.41, 5.74) is 0.220. The van der Waals surface area contributed by atoms with Crippen molar-refractivity contribution >= 4 is 29.1 Å². The summed E-state index contributed by atoms with van der Waals surface area (Å²) in [7, 11) is 0. The van der Waals surface area contributed by atoms with E-state index in [1.54, 1.807) is 30.3 Å². The molecule has 2 fully saturated rings. The number of likely N-dealkylation sites (tertiary alicyclic amines) is 1. The normalized spacial score (nSPS) is 27.5. The van der Waals surface area contributed by atoms with Gasteiger partial charge in [-0.2, -0.15) is 0 Å². The van der Waals surface area contributed by atoms with E-state index >= 15 is 0 Å². The summed E-state index contributed by atoms with van der Waals surface area (Å²) in [4.78, 5) is 15.1. The number of fused-ring (bicyclic) bond motifs is 1. The molecule has 0 bridgehead atoms. The molecule has 1 saturated heterocycles. The van der Waals surface area contributed by atoms with Gasteiger partial charge in [-0.1, -0.05) is 47.5 Å². The fourth-order valence-electron chi connectivity index (χ4n) is 5.64. The van der Waals surface area contributed by atoms with Crippen molar-refractivity contribution in [1.82, 2.24) is 10.2 Å². The first-order chi connectivity index (χ1) is 15.7. The third kappa shape index (κ3) is 4.92. The van der Waals surface area contributed by atoms with Crippen LogP contribution in [0.1, 0.15) is 36.8 Å². The molecule has 3 N–H and O–H groups in total. The van der Waals surface area contributed by atoms with Crippen LogP contribution in [0.25, 0.3) is 0 Å². The molecule has 7 heteroatoms. The lowest BCUT2D eigenvalue weighted by molar-refractivity contribution is -0.132. The van der Waals surface area contributed by atoms with Gasteiger partial charge in [-0.3, -0.25) is 9.69 Å². The second-order valence-corrected chi connectivity index (χ2v) is 10.2. The molecule has 1 saturated carbocycles. The number of nitrogens with zero attached hydrogens (tertiary/aromatic N) is 1. The van der Waals surface area contributed by atoms with Crippen LogP contribution in [0.5, 0.6) is 5.75 Å². The summed E-state index contributed by atoms with van der Waals surface area (Å²) in [5.74, 6) is 0.0995. The summed E-state index contributed by atoms with van der Waals surface area (Å²) < 4.78 is 0.